The van der Waals surface area contributed by atoms with Gasteiger partial charge in [-0.25, -0.2) is 5.53 Å². The molecule has 13 heavy (non-hydrogen) atoms. The molecule has 66 valence electrons. The predicted octanol–water partition coefficient (Wildman–Crippen LogP) is 2.24. The summed E-state index contributed by atoms with van der Waals surface area (Å²) in [5, 5.41) is 22.7. The molecule has 1 aromatic carbocycles. The van der Waals surface area contributed by atoms with Crippen molar-refractivity contribution < 1.29 is 10.2 Å². The number of benzene rings is 1. The van der Waals surface area contributed by atoms with E-state index in [0.717, 1.165) is 0 Å². The summed E-state index contributed by atoms with van der Waals surface area (Å²) in [6.45, 7) is 0. The molecule has 2 rings (SSSR count). The van der Waals surface area contributed by atoms with Gasteiger partial charge >= 0.3 is 0 Å². The van der Waals surface area contributed by atoms with Gasteiger partial charge in [0.1, 0.15) is 0 Å². The molecule has 0 unspecified atom stereocenters. The maximum Gasteiger partial charge on any atom is 0.201 e. The normalized spacial score (nSPS) is 10.5. The summed E-state index contributed by atoms with van der Waals surface area (Å²) in [4.78, 5) is 2.36. The van der Waals surface area contributed by atoms with Gasteiger partial charge in [0, 0.05) is 5.39 Å². The van der Waals surface area contributed by atoms with Crippen LogP contribution in [-0.2, 0) is 0 Å². The standard InChI is InChI=1S/C8H7N3O2/c9-11-5-3-1-2-4-6(5)8(13)10-7(4)12/h1-3,9-10,12-13H. The van der Waals surface area contributed by atoms with E-state index in [9.17, 15) is 10.2 Å². The van der Waals surface area contributed by atoms with E-state index in [0.29, 0.717) is 16.5 Å². The van der Waals surface area contributed by atoms with Crippen LogP contribution in [0.4, 0.5) is 5.69 Å². The summed E-state index contributed by atoms with van der Waals surface area (Å²) in [6, 6.07) is 4.88. The molecule has 0 amide bonds. The number of nitrogens with one attached hydrogen (secondary N) is 2. The molecular formula is C8H7N3O2. The monoisotopic (exact) mass is 177 g/mol. The van der Waals surface area contributed by atoms with Gasteiger partial charge in [-0.1, -0.05) is 6.07 Å². The summed E-state index contributed by atoms with van der Waals surface area (Å²) < 4.78 is 0. The van der Waals surface area contributed by atoms with Gasteiger partial charge < -0.3 is 10.2 Å². The molecule has 1 heterocycles. The fourth-order valence-corrected chi connectivity index (χ4v) is 1.32. The third-order valence-electron chi connectivity index (χ3n) is 1.89. The smallest absolute Gasteiger partial charge is 0.201 e. The van der Waals surface area contributed by atoms with Crippen molar-refractivity contribution in [1.29, 1.82) is 5.53 Å². The third kappa shape index (κ3) is 0.936. The lowest BCUT2D eigenvalue weighted by Gasteiger charge is -1.93. The van der Waals surface area contributed by atoms with Gasteiger partial charge in [-0.3, -0.25) is 4.98 Å². The Morgan fingerprint density at radius 3 is 2.69 bits per heavy atom. The molecule has 0 aliphatic heterocycles. The van der Waals surface area contributed by atoms with Gasteiger partial charge in [-0.15, -0.1) is 0 Å². The largest absolute Gasteiger partial charge is 0.494 e. The van der Waals surface area contributed by atoms with Crippen molar-refractivity contribution in [2.24, 2.45) is 5.11 Å². The SMILES string of the molecule is N=Nc1cccc2c(O)[nH]c(O)c12. The first kappa shape index (κ1) is 7.60. The van der Waals surface area contributed by atoms with E-state index >= 15 is 0 Å². The Morgan fingerprint density at radius 1 is 1.23 bits per heavy atom. The zero-order valence-corrected chi connectivity index (χ0v) is 6.57. The fourth-order valence-electron chi connectivity index (χ4n) is 1.32. The molecule has 0 saturated carbocycles. The minimum atomic E-state index is -0.167. The van der Waals surface area contributed by atoms with Crippen molar-refractivity contribution in [3.05, 3.63) is 18.2 Å². The quantitative estimate of drug-likeness (QED) is 0.503. The molecule has 5 heteroatoms. The summed E-state index contributed by atoms with van der Waals surface area (Å²) in [6.07, 6.45) is 0. The van der Waals surface area contributed by atoms with Crippen LogP contribution in [0, 0.1) is 5.53 Å². The van der Waals surface area contributed by atoms with E-state index < -0.39 is 0 Å². The Kier molecular flexibility index (Phi) is 1.45. The molecule has 0 saturated heterocycles. The van der Waals surface area contributed by atoms with Crippen LogP contribution >= 0.6 is 0 Å². The van der Waals surface area contributed by atoms with E-state index in [2.05, 4.69) is 10.1 Å². The van der Waals surface area contributed by atoms with E-state index in [-0.39, 0.29) is 11.8 Å². The second kappa shape index (κ2) is 2.48. The summed E-state index contributed by atoms with van der Waals surface area (Å²) in [7, 11) is 0. The lowest BCUT2D eigenvalue weighted by Crippen LogP contribution is -1.66. The minimum absolute atomic E-state index is 0.113. The van der Waals surface area contributed by atoms with Crippen molar-refractivity contribution in [2.75, 3.05) is 0 Å². The van der Waals surface area contributed by atoms with Crippen LogP contribution in [0.5, 0.6) is 11.8 Å². The topological polar surface area (TPSA) is 92.5 Å². The highest BCUT2D eigenvalue weighted by Gasteiger charge is 2.11. The molecule has 1 aromatic heterocycles. The fraction of sp³-hybridized carbons (Fsp3) is 0. The molecule has 0 aliphatic rings. The van der Waals surface area contributed by atoms with Crippen molar-refractivity contribution in [3.8, 4) is 11.8 Å². The van der Waals surface area contributed by atoms with E-state index in [1.165, 1.54) is 0 Å². The number of rotatable bonds is 1. The predicted molar refractivity (Wildman–Crippen MR) is 46.4 cm³/mol. The molecule has 0 fully saturated rings. The Labute approximate surface area is 73.1 Å². The van der Waals surface area contributed by atoms with Crippen molar-refractivity contribution in [3.63, 3.8) is 0 Å². The minimum Gasteiger partial charge on any atom is -0.494 e. The third-order valence-corrected chi connectivity index (χ3v) is 1.89. The lowest BCUT2D eigenvalue weighted by atomic mass is 10.2. The molecule has 4 N–H and O–H groups in total. The average molecular weight is 177 g/mol. The second-order valence-electron chi connectivity index (χ2n) is 2.63. The number of H-pyrrole nitrogens is 1. The van der Waals surface area contributed by atoms with Crippen LogP contribution in [0.1, 0.15) is 0 Å². The Morgan fingerprint density at radius 2 is 2.00 bits per heavy atom. The summed E-state index contributed by atoms with van der Waals surface area (Å²) in [5.41, 5.74) is 7.18. The van der Waals surface area contributed by atoms with Gasteiger partial charge in [0.2, 0.25) is 5.88 Å². The summed E-state index contributed by atoms with van der Waals surface area (Å²) in [5.74, 6) is -0.280. The molecule has 0 atom stereocenters. The number of fused-ring (bicyclic) bond motifs is 1. The van der Waals surface area contributed by atoms with Crippen LogP contribution in [0.3, 0.4) is 0 Å². The van der Waals surface area contributed by atoms with Crippen LogP contribution in [0.25, 0.3) is 10.8 Å². The van der Waals surface area contributed by atoms with Crippen molar-refractivity contribution >= 4 is 16.5 Å². The number of hydrogen-bond donors (Lipinski definition) is 4. The average Bonchev–Trinajstić information content (AvgIpc) is 2.43. The Bertz CT molecular complexity index is 475. The number of aromatic amines is 1. The summed E-state index contributed by atoms with van der Waals surface area (Å²) >= 11 is 0. The Hall–Kier alpha value is -2.04. The van der Waals surface area contributed by atoms with Gasteiger partial charge in [0.15, 0.2) is 5.88 Å². The maximum atomic E-state index is 9.35. The second-order valence-corrected chi connectivity index (χ2v) is 2.63. The molecular weight excluding hydrogens is 170 g/mol. The number of aromatic hydroxyl groups is 2. The highest BCUT2D eigenvalue weighted by atomic mass is 16.3. The molecule has 5 nitrogen and oxygen atoms in total. The zero-order valence-electron chi connectivity index (χ0n) is 6.57. The van der Waals surface area contributed by atoms with Crippen molar-refractivity contribution in [1.82, 2.24) is 4.98 Å². The Balaban J connectivity index is 2.96. The van der Waals surface area contributed by atoms with Gasteiger partial charge in [0.25, 0.3) is 0 Å². The first-order valence-electron chi connectivity index (χ1n) is 3.64. The first-order chi connectivity index (χ1) is 6.24. The van der Waals surface area contributed by atoms with Crippen LogP contribution < -0.4 is 0 Å². The van der Waals surface area contributed by atoms with E-state index in [4.69, 9.17) is 5.53 Å². The van der Waals surface area contributed by atoms with Crippen LogP contribution in [0.2, 0.25) is 0 Å². The van der Waals surface area contributed by atoms with Gasteiger partial charge in [-0.2, -0.15) is 5.11 Å². The molecule has 0 radical (unpaired) electrons. The van der Waals surface area contributed by atoms with E-state index in [1.54, 1.807) is 18.2 Å². The molecule has 0 bridgehead atoms. The van der Waals surface area contributed by atoms with Crippen LogP contribution in [-0.4, -0.2) is 15.2 Å². The van der Waals surface area contributed by atoms with Gasteiger partial charge in [-0.05, 0) is 12.1 Å². The lowest BCUT2D eigenvalue weighted by molar-refractivity contribution is 0.429. The van der Waals surface area contributed by atoms with Gasteiger partial charge in [0.05, 0.1) is 11.1 Å². The number of aromatic nitrogens is 1. The van der Waals surface area contributed by atoms with Crippen LogP contribution in [0.15, 0.2) is 23.3 Å². The first-order valence-corrected chi connectivity index (χ1v) is 3.64. The van der Waals surface area contributed by atoms with E-state index in [1.807, 2.05) is 0 Å². The molecule has 0 aliphatic carbocycles. The highest BCUT2D eigenvalue weighted by molar-refractivity contribution is 6.00. The number of nitrogens with zero attached hydrogens (tertiary/aromatic N) is 1. The number of hydrogen-bond acceptors (Lipinski definition) is 4. The van der Waals surface area contributed by atoms with Crippen molar-refractivity contribution in [2.45, 2.75) is 0 Å². The molecule has 0 spiro atoms. The maximum absolute atomic E-state index is 9.35. The zero-order chi connectivity index (χ0) is 9.42. The highest BCUT2D eigenvalue weighted by Crippen LogP contribution is 2.38. The molecule has 2 aromatic rings.